The minimum atomic E-state index is -0.354. The van der Waals surface area contributed by atoms with Gasteiger partial charge in [0.15, 0.2) is 0 Å². The highest BCUT2D eigenvalue weighted by Gasteiger charge is 2.13. The Bertz CT molecular complexity index is 617. The summed E-state index contributed by atoms with van der Waals surface area (Å²) in [6, 6.07) is 6.49. The van der Waals surface area contributed by atoms with Crippen molar-refractivity contribution in [1.29, 1.82) is 0 Å². The van der Waals surface area contributed by atoms with Gasteiger partial charge in [0.1, 0.15) is 5.75 Å². The van der Waals surface area contributed by atoms with Crippen LogP contribution >= 0.6 is 23.2 Å². The van der Waals surface area contributed by atoms with E-state index in [1.807, 2.05) is 0 Å². The average Bonchev–Trinajstić information content (AvgIpc) is 2.39. The van der Waals surface area contributed by atoms with E-state index in [0.29, 0.717) is 22.0 Å². The van der Waals surface area contributed by atoms with Gasteiger partial charge in [0.2, 0.25) is 0 Å². The molecule has 2 aromatic rings. The Hall–Kier alpha value is -1.78. The van der Waals surface area contributed by atoms with Crippen LogP contribution in [0.1, 0.15) is 10.4 Å². The Kier molecular flexibility index (Phi) is 4.24. The molecule has 0 spiro atoms. The first-order chi connectivity index (χ1) is 9.11. The molecule has 1 amide bonds. The van der Waals surface area contributed by atoms with Crippen LogP contribution in [0, 0.1) is 0 Å². The van der Waals surface area contributed by atoms with Crippen LogP contribution in [0.3, 0.4) is 0 Å². The highest BCUT2D eigenvalue weighted by atomic mass is 35.5. The van der Waals surface area contributed by atoms with E-state index in [1.54, 1.807) is 18.2 Å². The fraction of sp³-hybridized carbons (Fsp3) is 0.0769. The molecule has 4 nitrogen and oxygen atoms in total. The van der Waals surface area contributed by atoms with Crippen molar-refractivity contribution < 1.29 is 9.53 Å². The van der Waals surface area contributed by atoms with Crippen molar-refractivity contribution in [2.45, 2.75) is 0 Å². The highest BCUT2D eigenvalue weighted by molar-refractivity contribution is 6.34. The lowest BCUT2D eigenvalue weighted by Gasteiger charge is -2.11. The molecule has 1 aromatic heterocycles. The van der Waals surface area contributed by atoms with E-state index in [4.69, 9.17) is 27.9 Å². The third-order valence-electron chi connectivity index (χ3n) is 2.43. The van der Waals surface area contributed by atoms with E-state index in [1.165, 1.54) is 25.6 Å². The third kappa shape index (κ3) is 3.16. The number of amides is 1. The van der Waals surface area contributed by atoms with Gasteiger partial charge in [-0.3, -0.25) is 9.78 Å². The van der Waals surface area contributed by atoms with Crippen molar-refractivity contribution in [1.82, 2.24) is 4.98 Å². The van der Waals surface area contributed by atoms with Crippen LogP contribution in [0.15, 0.2) is 36.7 Å². The second-order valence-electron chi connectivity index (χ2n) is 3.65. The molecule has 1 heterocycles. The zero-order valence-electron chi connectivity index (χ0n) is 9.98. The summed E-state index contributed by atoms with van der Waals surface area (Å²) in [5.74, 6) is 0.163. The molecular weight excluding hydrogens is 287 g/mol. The minimum Gasteiger partial charge on any atom is -0.495 e. The van der Waals surface area contributed by atoms with Crippen LogP contribution in [0.5, 0.6) is 5.75 Å². The summed E-state index contributed by atoms with van der Waals surface area (Å²) in [5, 5.41) is 3.47. The van der Waals surface area contributed by atoms with Crippen LogP contribution < -0.4 is 10.1 Å². The molecule has 0 aliphatic heterocycles. The standard InChI is InChI=1S/C13H10Cl2N2O2/c1-19-12-3-2-8(14)6-11(12)17-13(18)9-4-5-16-7-10(9)15/h2-7H,1H3,(H,17,18). The van der Waals surface area contributed by atoms with E-state index in [9.17, 15) is 4.79 Å². The van der Waals surface area contributed by atoms with Gasteiger partial charge < -0.3 is 10.1 Å². The van der Waals surface area contributed by atoms with Gasteiger partial charge in [-0.15, -0.1) is 0 Å². The number of carbonyl (C=O) groups excluding carboxylic acids is 1. The van der Waals surface area contributed by atoms with Crippen LogP contribution in [-0.2, 0) is 0 Å². The smallest absolute Gasteiger partial charge is 0.257 e. The predicted molar refractivity (Wildman–Crippen MR) is 75.2 cm³/mol. The molecule has 0 fully saturated rings. The van der Waals surface area contributed by atoms with Gasteiger partial charge in [-0.1, -0.05) is 23.2 Å². The molecule has 2 rings (SSSR count). The van der Waals surface area contributed by atoms with Gasteiger partial charge in [-0.05, 0) is 24.3 Å². The van der Waals surface area contributed by atoms with Crippen molar-refractivity contribution in [2.24, 2.45) is 0 Å². The average molecular weight is 297 g/mol. The lowest BCUT2D eigenvalue weighted by Crippen LogP contribution is -2.13. The predicted octanol–water partition coefficient (Wildman–Crippen LogP) is 3.65. The number of hydrogen-bond donors (Lipinski definition) is 1. The first-order valence-corrected chi connectivity index (χ1v) is 6.12. The zero-order chi connectivity index (χ0) is 13.8. The van der Waals surface area contributed by atoms with Gasteiger partial charge >= 0.3 is 0 Å². The number of rotatable bonds is 3. The minimum absolute atomic E-state index is 0.279. The summed E-state index contributed by atoms with van der Waals surface area (Å²) in [6.45, 7) is 0. The number of hydrogen-bond acceptors (Lipinski definition) is 3. The van der Waals surface area contributed by atoms with Gasteiger partial charge in [-0.2, -0.15) is 0 Å². The SMILES string of the molecule is COc1ccc(Cl)cc1NC(=O)c1ccncc1Cl. The molecule has 0 unspecified atom stereocenters. The second kappa shape index (κ2) is 5.91. The van der Waals surface area contributed by atoms with Crippen LogP contribution in [0.4, 0.5) is 5.69 Å². The molecular formula is C13H10Cl2N2O2. The Morgan fingerprint density at radius 1 is 1.32 bits per heavy atom. The normalized spacial score (nSPS) is 10.1. The van der Waals surface area contributed by atoms with E-state index < -0.39 is 0 Å². The monoisotopic (exact) mass is 296 g/mol. The third-order valence-corrected chi connectivity index (χ3v) is 2.96. The summed E-state index contributed by atoms with van der Waals surface area (Å²) in [4.78, 5) is 15.9. The maximum absolute atomic E-state index is 12.1. The van der Waals surface area contributed by atoms with E-state index in [0.717, 1.165) is 0 Å². The van der Waals surface area contributed by atoms with Gasteiger partial charge in [-0.25, -0.2) is 0 Å². The Balaban J connectivity index is 2.29. The maximum atomic E-state index is 12.1. The maximum Gasteiger partial charge on any atom is 0.257 e. The molecule has 1 aromatic carbocycles. The number of nitrogens with zero attached hydrogens (tertiary/aromatic N) is 1. The number of carbonyl (C=O) groups is 1. The van der Waals surface area contributed by atoms with E-state index >= 15 is 0 Å². The highest BCUT2D eigenvalue weighted by Crippen LogP contribution is 2.28. The van der Waals surface area contributed by atoms with Crippen LogP contribution in [0.2, 0.25) is 10.0 Å². The lowest BCUT2D eigenvalue weighted by atomic mass is 10.2. The van der Waals surface area contributed by atoms with E-state index in [-0.39, 0.29) is 10.9 Å². The van der Waals surface area contributed by atoms with Crippen LogP contribution in [-0.4, -0.2) is 18.0 Å². The molecule has 0 atom stereocenters. The number of aromatic nitrogens is 1. The summed E-state index contributed by atoms with van der Waals surface area (Å²) < 4.78 is 5.15. The molecule has 19 heavy (non-hydrogen) atoms. The molecule has 6 heteroatoms. The second-order valence-corrected chi connectivity index (χ2v) is 4.50. The van der Waals surface area contributed by atoms with Crippen molar-refractivity contribution >= 4 is 34.8 Å². The number of nitrogens with one attached hydrogen (secondary N) is 1. The zero-order valence-corrected chi connectivity index (χ0v) is 11.5. The number of benzene rings is 1. The van der Waals surface area contributed by atoms with E-state index in [2.05, 4.69) is 10.3 Å². The van der Waals surface area contributed by atoms with Crippen molar-refractivity contribution in [3.8, 4) is 5.75 Å². The van der Waals surface area contributed by atoms with Crippen molar-refractivity contribution in [3.05, 3.63) is 52.3 Å². The molecule has 0 bridgehead atoms. The van der Waals surface area contributed by atoms with Crippen molar-refractivity contribution in [2.75, 3.05) is 12.4 Å². The summed E-state index contributed by atoms with van der Waals surface area (Å²) in [6.07, 6.45) is 2.90. The summed E-state index contributed by atoms with van der Waals surface area (Å²) in [5.41, 5.74) is 0.812. The Morgan fingerprint density at radius 2 is 2.11 bits per heavy atom. The summed E-state index contributed by atoms with van der Waals surface area (Å²) >= 11 is 11.8. The quantitative estimate of drug-likeness (QED) is 0.940. The molecule has 0 saturated heterocycles. The van der Waals surface area contributed by atoms with Gasteiger partial charge in [0, 0.05) is 17.4 Å². The molecule has 98 valence electrons. The Labute approximate surface area is 120 Å². The number of halogens is 2. The molecule has 0 radical (unpaired) electrons. The fourth-order valence-electron chi connectivity index (χ4n) is 1.53. The molecule has 0 saturated carbocycles. The first kappa shape index (κ1) is 13.6. The number of pyridine rings is 1. The molecule has 0 aliphatic carbocycles. The molecule has 1 N–H and O–H groups in total. The largest absolute Gasteiger partial charge is 0.495 e. The van der Waals surface area contributed by atoms with Crippen molar-refractivity contribution in [3.63, 3.8) is 0 Å². The first-order valence-electron chi connectivity index (χ1n) is 5.36. The number of ether oxygens (including phenoxy) is 1. The number of anilines is 1. The van der Waals surface area contributed by atoms with Gasteiger partial charge in [0.05, 0.1) is 23.4 Å². The van der Waals surface area contributed by atoms with Gasteiger partial charge in [0.25, 0.3) is 5.91 Å². The summed E-state index contributed by atoms with van der Waals surface area (Å²) in [7, 11) is 1.51. The topological polar surface area (TPSA) is 51.2 Å². The molecule has 0 aliphatic rings. The Morgan fingerprint density at radius 3 is 2.79 bits per heavy atom. The van der Waals surface area contributed by atoms with Crippen LogP contribution in [0.25, 0.3) is 0 Å². The lowest BCUT2D eigenvalue weighted by molar-refractivity contribution is 0.102. The fourth-order valence-corrected chi connectivity index (χ4v) is 1.90. The number of methoxy groups -OCH3 is 1.